The minimum atomic E-state index is -2.04. The predicted molar refractivity (Wildman–Crippen MR) is 92.2 cm³/mol. The van der Waals surface area contributed by atoms with Crippen molar-refractivity contribution in [1.82, 2.24) is 0 Å². The molecule has 0 aromatic carbocycles. The molecule has 1 fully saturated rings. The number of esters is 2. The molecule has 1 N–H and O–H groups in total. The summed E-state index contributed by atoms with van der Waals surface area (Å²) in [6.45, 7) is 3.16. The fourth-order valence-electron chi connectivity index (χ4n) is 2.85. The Morgan fingerprint density at radius 2 is 2.00 bits per heavy atom. The summed E-state index contributed by atoms with van der Waals surface area (Å²) in [7, 11) is 0. The van der Waals surface area contributed by atoms with E-state index in [4.69, 9.17) is 29.8 Å². The molecule has 0 aliphatic carbocycles. The van der Waals surface area contributed by atoms with Crippen molar-refractivity contribution in [2.24, 2.45) is 5.92 Å². The van der Waals surface area contributed by atoms with E-state index < -0.39 is 35.9 Å². The number of carbonyl (C=O) groups excluding carboxylic acids is 2. The second kappa shape index (κ2) is 9.55. The molecule has 2 rings (SSSR count). The summed E-state index contributed by atoms with van der Waals surface area (Å²) < 4.78 is 26.3. The van der Waals surface area contributed by atoms with E-state index in [0.29, 0.717) is 5.56 Å². The van der Waals surface area contributed by atoms with Gasteiger partial charge in [0.1, 0.15) is 0 Å². The van der Waals surface area contributed by atoms with E-state index in [1.54, 1.807) is 19.9 Å². The molecule has 1 aromatic heterocycles. The first-order valence-electron chi connectivity index (χ1n) is 8.76. The van der Waals surface area contributed by atoms with Gasteiger partial charge in [0.2, 0.25) is 0 Å². The molecule has 3 unspecified atom stereocenters. The molecule has 0 radical (unpaired) electrons. The maximum Gasteiger partial charge on any atom is 0.350 e. The molecule has 1 saturated heterocycles. The van der Waals surface area contributed by atoms with Crippen molar-refractivity contribution in [1.29, 1.82) is 0 Å². The van der Waals surface area contributed by atoms with Gasteiger partial charge < -0.3 is 28.5 Å². The fourth-order valence-corrected chi connectivity index (χ4v) is 2.85. The Kier molecular flexibility index (Phi) is 7.42. The van der Waals surface area contributed by atoms with Gasteiger partial charge in [-0.05, 0) is 25.5 Å². The van der Waals surface area contributed by atoms with Gasteiger partial charge in [-0.3, -0.25) is 0 Å². The zero-order valence-electron chi connectivity index (χ0n) is 15.4. The van der Waals surface area contributed by atoms with Gasteiger partial charge in [0.25, 0.3) is 5.60 Å². The Labute approximate surface area is 157 Å². The normalized spacial score (nSPS) is 22.2. The molecular weight excluding hydrogens is 356 g/mol. The van der Waals surface area contributed by atoms with E-state index >= 15 is 0 Å². The highest BCUT2D eigenvalue weighted by molar-refractivity contribution is 6.04. The van der Waals surface area contributed by atoms with Crippen LogP contribution < -0.4 is 0 Å². The quantitative estimate of drug-likeness (QED) is 0.385. The van der Waals surface area contributed by atoms with Gasteiger partial charge in [-0.1, -0.05) is 0 Å². The van der Waals surface area contributed by atoms with E-state index in [1.807, 2.05) is 0 Å². The van der Waals surface area contributed by atoms with E-state index in [1.165, 1.54) is 12.5 Å². The molecule has 0 amide bonds. The number of rotatable bonds is 9. The summed E-state index contributed by atoms with van der Waals surface area (Å²) in [5, 5.41) is 9.66. The van der Waals surface area contributed by atoms with Crippen LogP contribution in [0.1, 0.15) is 25.8 Å². The number of aliphatic hydroxyl groups is 1. The van der Waals surface area contributed by atoms with Crippen LogP contribution in [0, 0.1) is 18.3 Å². The summed E-state index contributed by atoms with van der Waals surface area (Å²) in [6.07, 6.45) is 6.69. The molecule has 0 saturated carbocycles. The van der Waals surface area contributed by atoms with Crippen molar-refractivity contribution in [2.75, 3.05) is 19.8 Å². The lowest BCUT2D eigenvalue weighted by atomic mass is 9.95. The Hall–Kier alpha value is -2.34. The van der Waals surface area contributed by atoms with Crippen molar-refractivity contribution in [3.05, 3.63) is 24.2 Å². The maximum atomic E-state index is 12.7. The number of furan rings is 1. The molecule has 27 heavy (non-hydrogen) atoms. The molecule has 148 valence electrons. The monoisotopic (exact) mass is 380 g/mol. The van der Waals surface area contributed by atoms with Crippen LogP contribution in [0.25, 0.3) is 0 Å². The van der Waals surface area contributed by atoms with Crippen LogP contribution in [0.15, 0.2) is 23.0 Å². The number of aliphatic hydroxyl groups excluding tert-OH is 1. The van der Waals surface area contributed by atoms with Gasteiger partial charge >= 0.3 is 11.9 Å². The Morgan fingerprint density at radius 3 is 2.52 bits per heavy atom. The largest absolute Gasteiger partial charge is 0.472 e. The fraction of sp³-hybridized carbons (Fsp3) is 0.579. The lowest BCUT2D eigenvalue weighted by Gasteiger charge is -2.30. The Bertz CT molecular complexity index is 642. The topological polar surface area (TPSA) is 104 Å². The highest BCUT2D eigenvalue weighted by Gasteiger charge is 2.52. The first-order chi connectivity index (χ1) is 13.0. The standard InChI is InChI=1S/C19H24O8/c1-4-14-9-16(20)27-15(14)12-26-19(17(21)24-5-2,18(22)25-6-3)10-13-7-8-23-11-13/h1,7-8,11,14-16,20H,5-6,9-10,12H2,2-3H3. The van der Waals surface area contributed by atoms with Gasteiger partial charge in [-0.25, -0.2) is 9.59 Å². The van der Waals surface area contributed by atoms with Crippen molar-refractivity contribution in [3.63, 3.8) is 0 Å². The van der Waals surface area contributed by atoms with Gasteiger partial charge in [0.05, 0.1) is 44.4 Å². The second-order valence-corrected chi connectivity index (χ2v) is 6.03. The Balaban J connectivity index is 2.29. The number of terminal acetylenes is 1. The van der Waals surface area contributed by atoms with E-state index in [0.717, 1.165) is 0 Å². The zero-order valence-corrected chi connectivity index (χ0v) is 15.4. The number of hydrogen-bond acceptors (Lipinski definition) is 8. The second-order valence-electron chi connectivity index (χ2n) is 6.03. The zero-order chi connectivity index (χ0) is 19.9. The van der Waals surface area contributed by atoms with Crippen LogP contribution in [0.2, 0.25) is 0 Å². The van der Waals surface area contributed by atoms with Crippen LogP contribution in [0.4, 0.5) is 0 Å². The lowest BCUT2D eigenvalue weighted by molar-refractivity contribution is -0.197. The van der Waals surface area contributed by atoms with Crippen LogP contribution in [-0.2, 0) is 35.0 Å². The van der Waals surface area contributed by atoms with Gasteiger partial charge in [-0.2, -0.15) is 0 Å². The smallest absolute Gasteiger partial charge is 0.350 e. The average molecular weight is 380 g/mol. The van der Waals surface area contributed by atoms with E-state index in [-0.39, 0.29) is 32.7 Å². The van der Waals surface area contributed by atoms with Crippen LogP contribution in [-0.4, -0.2) is 54.9 Å². The van der Waals surface area contributed by atoms with Crippen LogP contribution in [0.3, 0.4) is 0 Å². The molecule has 8 heteroatoms. The summed E-state index contributed by atoms with van der Waals surface area (Å²) in [5.41, 5.74) is -1.48. The van der Waals surface area contributed by atoms with Crippen molar-refractivity contribution < 1.29 is 38.1 Å². The van der Waals surface area contributed by atoms with Gasteiger partial charge in [0, 0.05) is 12.8 Å². The highest BCUT2D eigenvalue weighted by atomic mass is 16.6. The van der Waals surface area contributed by atoms with Gasteiger partial charge in [-0.15, -0.1) is 12.3 Å². The minimum absolute atomic E-state index is 0.0559. The molecule has 1 aliphatic rings. The first-order valence-corrected chi connectivity index (χ1v) is 8.76. The molecule has 8 nitrogen and oxygen atoms in total. The maximum absolute atomic E-state index is 12.7. The molecule has 3 atom stereocenters. The summed E-state index contributed by atoms with van der Waals surface area (Å²) in [4.78, 5) is 25.4. The third-order valence-corrected chi connectivity index (χ3v) is 4.19. The summed E-state index contributed by atoms with van der Waals surface area (Å²) >= 11 is 0. The third kappa shape index (κ3) is 4.89. The van der Waals surface area contributed by atoms with Crippen molar-refractivity contribution in [2.45, 2.75) is 44.7 Å². The number of carbonyl (C=O) groups is 2. The van der Waals surface area contributed by atoms with Crippen LogP contribution in [0.5, 0.6) is 0 Å². The first kappa shape index (κ1) is 21.0. The number of ether oxygens (including phenoxy) is 4. The summed E-state index contributed by atoms with van der Waals surface area (Å²) in [6, 6.07) is 1.61. The molecular formula is C19H24O8. The molecule has 0 bridgehead atoms. The third-order valence-electron chi connectivity index (χ3n) is 4.19. The lowest BCUT2D eigenvalue weighted by Crippen LogP contribution is -2.54. The number of hydrogen-bond donors (Lipinski definition) is 1. The van der Waals surface area contributed by atoms with Crippen LogP contribution >= 0.6 is 0 Å². The molecule has 2 heterocycles. The molecule has 1 aliphatic heterocycles. The summed E-state index contributed by atoms with van der Waals surface area (Å²) in [5.74, 6) is 0.367. The average Bonchev–Trinajstić information content (AvgIpc) is 3.27. The minimum Gasteiger partial charge on any atom is -0.472 e. The van der Waals surface area contributed by atoms with Crippen molar-refractivity contribution in [3.8, 4) is 12.3 Å². The molecule has 1 aromatic rings. The molecule has 0 spiro atoms. The highest BCUT2D eigenvalue weighted by Crippen LogP contribution is 2.29. The van der Waals surface area contributed by atoms with Gasteiger partial charge in [0.15, 0.2) is 6.29 Å². The van der Waals surface area contributed by atoms with Crippen molar-refractivity contribution >= 4 is 11.9 Å². The van der Waals surface area contributed by atoms with E-state index in [9.17, 15) is 14.7 Å². The predicted octanol–water partition coefficient (Wildman–Crippen LogP) is 1.06. The Morgan fingerprint density at radius 1 is 1.33 bits per heavy atom. The van der Waals surface area contributed by atoms with E-state index in [2.05, 4.69) is 5.92 Å². The SMILES string of the molecule is C#CC1CC(O)OC1COC(Cc1ccoc1)(C(=O)OCC)C(=O)OCC.